The van der Waals surface area contributed by atoms with E-state index in [4.69, 9.17) is 4.74 Å². The second-order valence-electron chi connectivity index (χ2n) is 5.68. The van der Waals surface area contributed by atoms with Gasteiger partial charge in [-0.1, -0.05) is 63.6 Å². The lowest BCUT2D eigenvalue weighted by molar-refractivity contribution is -0.140. The molecule has 1 rings (SSSR count). The number of hydrogen-bond acceptors (Lipinski definition) is 5. The maximum absolute atomic E-state index is 11.6. The Morgan fingerprint density at radius 3 is 2.48 bits per heavy atom. The zero-order chi connectivity index (χ0) is 16.9. The molecule has 0 radical (unpaired) electrons. The molecule has 0 atom stereocenters. The van der Waals surface area contributed by atoms with Crippen molar-refractivity contribution in [2.24, 2.45) is 0 Å². The zero-order valence-corrected chi connectivity index (χ0v) is 15.0. The number of esters is 1. The summed E-state index contributed by atoms with van der Waals surface area (Å²) in [7, 11) is 0. The Bertz CT molecular complexity index is 517. The lowest BCUT2D eigenvalue weighted by Crippen LogP contribution is -2.11. The Morgan fingerprint density at radius 1 is 1.17 bits per heavy atom. The molecule has 130 valence electrons. The monoisotopic (exact) mass is 340 g/mol. The van der Waals surface area contributed by atoms with Crippen LogP contribution in [0, 0.1) is 6.92 Å². The van der Waals surface area contributed by atoms with Crippen molar-refractivity contribution in [1.29, 1.82) is 0 Å². The third kappa shape index (κ3) is 10.2. The predicted octanol–water partition coefficient (Wildman–Crippen LogP) is 3.85. The van der Waals surface area contributed by atoms with Gasteiger partial charge >= 0.3 is 5.97 Å². The van der Waals surface area contributed by atoms with E-state index in [0.29, 0.717) is 17.5 Å². The van der Waals surface area contributed by atoms with Gasteiger partial charge in [-0.3, -0.25) is 9.59 Å². The number of H-pyrrole nitrogens is 1. The number of hydrogen-bond donors (Lipinski definition) is 1. The number of carbonyl (C=O) groups is 1. The molecule has 1 aromatic heterocycles. The SMILES string of the molecule is CCCCCCCCCCOC(=O)CSc1nc(C)cc(=O)[nH]1. The Kier molecular flexibility index (Phi) is 10.4. The Balaban J connectivity index is 2.03. The molecule has 0 saturated heterocycles. The quantitative estimate of drug-likeness (QED) is 0.271. The summed E-state index contributed by atoms with van der Waals surface area (Å²) < 4.78 is 5.19. The molecule has 0 bridgehead atoms. The first kappa shape index (κ1) is 19.7. The van der Waals surface area contributed by atoms with Crippen LogP contribution >= 0.6 is 11.8 Å². The lowest BCUT2D eigenvalue weighted by Gasteiger charge is -2.05. The molecular formula is C17H28N2O3S. The van der Waals surface area contributed by atoms with Crippen LogP contribution in [-0.2, 0) is 9.53 Å². The number of ether oxygens (including phenoxy) is 1. The summed E-state index contributed by atoms with van der Waals surface area (Å²) in [5, 5.41) is 0.457. The summed E-state index contributed by atoms with van der Waals surface area (Å²) in [5.74, 6) is -0.0919. The van der Waals surface area contributed by atoms with Crippen LogP contribution in [0.2, 0.25) is 0 Å². The van der Waals surface area contributed by atoms with Gasteiger partial charge in [0.2, 0.25) is 0 Å². The normalized spacial score (nSPS) is 10.7. The van der Waals surface area contributed by atoms with E-state index in [0.717, 1.165) is 12.8 Å². The summed E-state index contributed by atoms with van der Waals surface area (Å²) in [6, 6.07) is 1.42. The largest absolute Gasteiger partial charge is 0.465 e. The van der Waals surface area contributed by atoms with Crippen molar-refractivity contribution in [2.45, 2.75) is 70.4 Å². The minimum Gasteiger partial charge on any atom is -0.465 e. The van der Waals surface area contributed by atoms with Crippen LogP contribution in [0.1, 0.15) is 64.0 Å². The number of nitrogens with zero attached hydrogens (tertiary/aromatic N) is 1. The molecule has 0 aliphatic carbocycles. The number of aromatic amines is 1. The van der Waals surface area contributed by atoms with E-state index in [1.165, 1.54) is 56.4 Å². The Labute approximate surface area is 142 Å². The highest BCUT2D eigenvalue weighted by atomic mass is 32.2. The molecular weight excluding hydrogens is 312 g/mol. The van der Waals surface area contributed by atoms with Gasteiger partial charge in [-0.2, -0.15) is 0 Å². The predicted molar refractivity (Wildman–Crippen MR) is 93.9 cm³/mol. The third-order valence-electron chi connectivity index (χ3n) is 3.44. The van der Waals surface area contributed by atoms with Gasteiger partial charge in [0, 0.05) is 11.8 Å². The van der Waals surface area contributed by atoms with Crippen LogP contribution in [0.15, 0.2) is 16.0 Å². The van der Waals surface area contributed by atoms with E-state index in [1.54, 1.807) is 6.92 Å². The summed E-state index contributed by atoms with van der Waals surface area (Å²) in [6.45, 7) is 4.45. The summed E-state index contributed by atoms with van der Waals surface area (Å²) >= 11 is 1.20. The maximum Gasteiger partial charge on any atom is 0.316 e. The van der Waals surface area contributed by atoms with Crippen molar-refractivity contribution in [3.63, 3.8) is 0 Å². The number of nitrogens with one attached hydrogen (secondary N) is 1. The molecule has 0 saturated carbocycles. The van der Waals surface area contributed by atoms with Crippen molar-refractivity contribution in [1.82, 2.24) is 9.97 Å². The number of rotatable bonds is 12. The van der Waals surface area contributed by atoms with Gasteiger partial charge in [-0.05, 0) is 13.3 Å². The molecule has 0 aliphatic heterocycles. The van der Waals surface area contributed by atoms with E-state index < -0.39 is 0 Å². The lowest BCUT2D eigenvalue weighted by atomic mass is 10.1. The maximum atomic E-state index is 11.6. The molecule has 6 heteroatoms. The van der Waals surface area contributed by atoms with Crippen molar-refractivity contribution >= 4 is 17.7 Å². The molecule has 5 nitrogen and oxygen atoms in total. The van der Waals surface area contributed by atoms with E-state index in [2.05, 4.69) is 16.9 Å². The first-order valence-corrected chi connectivity index (χ1v) is 9.46. The number of aryl methyl sites for hydroxylation is 1. The highest BCUT2D eigenvalue weighted by molar-refractivity contribution is 7.99. The first-order valence-electron chi connectivity index (χ1n) is 8.48. The zero-order valence-electron chi connectivity index (χ0n) is 14.2. The van der Waals surface area contributed by atoms with Crippen LogP contribution in [0.5, 0.6) is 0 Å². The molecule has 1 heterocycles. The van der Waals surface area contributed by atoms with Crippen LogP contribution in [0.4, 0.5) is 0 Å². The summed E-state index contributed by atoms with van der Waals surface area (Å²) in [6.07, 6.45) is 9.77. The van der Waals surface area contributed by atoms with E-state index >= 15 is 0 Å². The molecule has 0 aromatic carbocycles. The number of aromatic nitrogens is 2. The molecule has 0 amide bonds. The average Bonchev–Trinajstić information content (AvgIpc) is 2.50. The smallest absolute Gasteiger partial charge is 0.316 e. The molecule has 1 aromatic rings. The number of thioether (sulfide) groups is 1. The third-order valence-corrected chi connectivity index (χ3v) is 4.28. The second-order valence-corrected chi connectivity index (χ2v) is 6.64. The summed E-state index contributed by atoms with van der Waals surface area (Å²) in [5.41, 5.74) is 0.441. The van der Waals surface area contributed by atoms with Crippen LogP contribution in [0.25, 0.3) is 0 Å². The van der Waals surface area contributed by atoms with Gasteiger partial charge in [-0.15, -0.1) is 0 Å². The fraction of sp³-hybridized carbons (Fsp3) is 0.706. The number of carbonyl (C=O) groups excluding carboxylic acids is 1. The Morgan fingerprint density at radius 2 is 1.83 bits per heavy atom. The van der Waals surface area contributed by atoms with Gasteiger partial charge in [0.25, 0.3) is 5.56 Å². The van der Waals surface area contributed by atoms with Crippen molar-refractivity contribution in [3.05, 3.63) is 22.1 Å². The van der Waals surface area contributed by atoms with Gasteiger partial charge in [0.05, 0.1) is 12.4 Å². The van der Waals surface area contributed by atoms with Crippen LogP contribution in [-0.4, -0.2) is 28.3 Å². The van der Waals surface area contributed by atoms with Crippen molar-refractivity contribution < 1.29 is 9.53 Å². The summed E-state index contributed by atoms with van der Waals surface area (Å²) in [4.78, 5) is 29.7. The average molecular weight is 340 g/mol. The van der Waals surface area contributed by atoms with E-state index in [-0.39, 0.29) is 17.3 Å². The van der Waals surface area contributed by atoms with Gasteiger partial charge in [0.15, 0.2) is 5.16 Å². The van der Waals surface area contributed by atoms with E-state index in [1.807, 2.05) is 0 Å². The van der Waals surface area contributed by atoms with Gasteiger partial charge in [-0.25, -0.2) is 4.98 Å². The van der Waals surface area contributed by atoms with Crippen molar-refractivity contribution in [3.8, 4) is 0 Å². The number of unbranched alkanes of at least 4 members (excludes halogenated alkanes) is 7. The van der Waals surface area contributed by atoms with Gasteiger partial charge in [0.1, 0.15) is 0 Å². The van der Waals surface area contributed by atoms with Gasteiger partial charge < -0.3 is 9.72 Å². The first-order chi connectivity index (χ1) is 11.1. The molecule has 0 spiro atoms. The minimum absolute atomic E-state index is 0.170. The highest BCUT2D eigenvalue weighted by Gasteiger charge is 2.06. The highest BCUT2D eigenvalue weighted by Crippen LogP contribution is 2.12. The molecule has 23 heavy (non-hydrogen) atoms. The second kappa shape index (κ2) is 12.2. The fourth-order valence-corrected chi connectivity index (χ4v) is 2.93. The van der Waals surface area contributed by atoms with Crippen LogP contribution < -0.4 is 5.56 Å². The molecule has 0 aliphatic rings. The molecule has 0 fully saturated rings. The molecule has 1 N–H and O–H groups in total. The standard InChI is InChI=1S/C17H28N2O3S/c1-3-4-5-6-7-8-9-10-11-22-16(21)13-23-17-18-14(2)12-15(20)19-17/h12H,3-11,13H2,1-2H3,(H,18,19,20). The van der Waals surface area contributed by atoms with Crippen molar-refractivity contribution in [2.75, 3.05) is 12.4 Å². The Hall–Kier alpha value is -1.30. The fourth-order valence-electron chi connectivity index (χ4n) is 2.21. The molecule has 0 unspecified atom stereocenters. The van der Waals surface area contributed by atoms with Crippen LogP contribution in [0.3, 0.4) is 0 Å². The topological polar surface area (TPSA) is 72.0 Å². The van der Waals surface area contributed by atoms with E-state index in [9.17, 15) is 9.59 Å². The minimum atomic E-state index is -0.262.